The lowest BCUT2D eigenvalue weighted by molar-refractivity contribution is -0.118. The summed E-state index contributed by atoms with van der Waals surface area (Å²) in [6.07, 6.45) is -3.72. The maximum absolute atomic E-state index is 12.6. The van der Waals surface area contributed by atoms with Crippen molar-refractivity contribution in [1.82, 2.24) is 10.2 Å². The summed E-state index contributed by atoms with van der Waals surface area (Å²) >= 11 is 12.6. The minimum atomic E-state index is -4.62. The molecular weight excluding hydrogens is 422 g/mol. The van der Waals surface area contributed by atoms with Crippen molar-refractivity contribution in [3.05, 3.63) is 40.4 Å². The molecule has 1 heterocycles. The van der Waals surface area contributed by atoms with Gasteiger partial charge in [-0.2, -0.15) is 13.2 Å². The van der Waals surface area contributed by atoms with Crippen LogP contribution in [0.25, 0.3) is 10.6 Å². The second-order valence-corrected chi connectivity index (χ2v) is 8.51. The van der Waals surface area contributed by atoms with Gasteiger partial charge in [-0.1, -0.05) is 72.7 Å². The summed E-state index contributed by atoms with van der Waals surface area (Å²) in [5.74, 6) is -1.67. The number of halogens is 5. The Hall–Kier alpha value is -1.64. The SMILES string of the molecule is CC1(C)C(/C=C(/Cl)C(F)(F)F)C1C(=O)Nc1nnc(-c2ccccc2Cl)s1. The van der Waals surface area contributed by atoms with E-state index in [2.05, 4.69) is 15.5 Å². The first-order valence-corrected chi connectivity index (χ1v) is 9.43. The first kappa shape index (κ1) is 20.1. The van der Waals surface area contributed by atoms with Crippen LogP contribution in [-0.2, 0) is 4.79 Å². The van der Waals surface area contributed by atoms with Crippen LogP contribution >= 0.6 is 34.5 Å². The molecule has 4 nitrogen and oxygen atoms in total. The van der Waals surface area contributed by atoms with Gasteiger partial charge in [0.15, 0.2) is 5.01 Å². The van der Waals surface area contributed by atoms with Crippen LogP contribution in [0.3, 0.4) is 0 Å². The van der Waals surface area contributed by atoms with Crippen LogP contribution in [0.5, 0.6) is 0 Å². The van der Waals surface area contributed by atoms with E-state index in [4.69, 9.17) is 23.2 Å². The summed E-state index contributed by atoms with van der Waals surface area (Å²) in [5.41, 5.74) is 0.0489. The molecule has 1 aliphatic carbocycles. The lowest BCUT2D eigenvalue weighted by Crippen LogP contribution is -2.16. The molecule has 0 bridgehead atoms. The Kier molecular flexibility index (Phi) is 5.26. The highest BCUT2D eigenvalue weighted by Gasteiger charge is 2.61. The Morgan fingerprint density at radius 1 is 1.30 bits per heavy atom. The zero-order valence-electron chi connectivity index (χ0n) is 14.1. The number of benzene rings is 1. The maximum atomic E-state index is 12.6. The van der Waals surface area contributed by atoms with Crippen LogP contribution in [0, 0.1) is 17.3 Å². The first-order chi connectivity index (χ1) is 12.5. The molecule has 10 heteroatoms. The highest BCUT2D eigenvalue weighted by molar-refractivity contribution is 7.18. The molecule has 1 saturated carbocycles. The lowest BCUT2D eigenvalue weighted by Gasteiger charge is -2.04. The summed E-state index contributed by atoms with van der Waals surface area (Å²) in [5, 5.41) is 10.6. The third-order valence-corrected chi connectivity index (χ3v) is 6.09. The highest BCUT2D eigenvalue weighted by atomic mass is 35.5. The largest absolute Gasteiger partial charge is 0.426 e. The van der Waals surface area contributed by atoms with E-state index in [9.17, 15) is 18.0 Å². The van der Waals surface area contributed by atoms with E-state index in [0.29, 0.717) is 15.6 Å². The minimum absolute atomic E-state index is 0.252. The van der Waals surface area contributed by atoms with Crippen LogP contribution < -0.4 is 5.32 Å². The van der Waals surface area contributed by atoms with Crippen molar-refractivity contribution < 1.29 is 18.0 Å². The van der Waals surface area contributed by atoms with Crippen LogP contribution in [0.4, 0.5) is 18.3 Å². The van der Waals surface area contributed by atoms with Crippen molar-refractivity contribution in [2.45, 2.75) is 20.0 Å². The number of carbonyl (C=O) groups is 1. The highest BCUT2D eigenvalue weighted by Crippen LogP contribution is 2.60. The van der Waals surface area contributed by atoms with Gasteiger partial charge in [0.2, 0.25) is 11.0 Å². The fourth-order valence-corrected chi connectivity index (χ4v) is 4.15. The second-order valence-electron chi connectivity index (χ2n) is 6.72. The molecule has 3 rings (SSSR count). The zero-order valence-corrected chi connectivity index (χ0v) is 16.5. The van der Waals surface area contributed by atoms with Crippen molar-refractivity contribution in [2.24, 2.45) is 17.3 Å². The molecule has 1 amide bonds. The average molecular weight is 436 g/mol. The molecule has 0 saturated heterocycles. The smallest absolute Gasteiger partial charge is 0.300 e. The Morgan fingerprint density at radius 3 is 2.59 bits per heavy atom. The van der Waals surface area contributed by atoms with Gasteiger partial charge in [0.05, 0.1) is 10.9 Å². The van der Waals surface area contributed by atoms with Gasteiger partial charge < -0.3 is 5.32 Å². The van der Waals surface area contributed by atoms with Crippen LogP contribution in [-0.4, -0.2) is 22.3 Å². The van der Waals surface area contributed by atoms with E-state index in [1.54, 1.807) is 38.1 Å². The average Bonchev–Trinajstić information content (AvgIpc) is 2.90. The van der Waals surface area contributed by atoms with E-state index in [1.165, 1.54) is 0 Å². The zero-order chi connectivity index (χ0) is 20.0. The van der Waals surface area contributed by atoms with E-state index in [0.717, 1.165) is 17.4 Å². The van der Waals surface area contributed by atoms with Crippen molar-refractivity contribution in [2.75, 3.05) is 5.32 Å². The Morgan fingerprint density at radius 2 is 1.96 bits per heavy atom. The molecule has 0 aliphatic heterocycles. The van der Waals surface area contributed by atoms with Crippen LogP contribution in [0.15, 0.2) is 35.4 Å². The third kappa shape index (κ3) is 4.12. The molecule has 2 unspecified atom stereocenters. The molecule has 2 atom stereocenters. The Bertz CT molecular complexity index is 911. The molecule has 2 aromatic rings. The molecule has 1 aromatic carbocycles. The van der Waals surface area contributed by atoms with E-state index in [-0.39, 0.29) is 5.13 Å². The van der Waals surface area contributed by atoms with Crippen molar-refractivity contribution in [1.29, 1.82) is 0 Å². The van der Waals surface area contributed by atoms with Crippen molar-refractivity contribution in [3.8, 4) is 10.6 Å². The number of amides is 1. The van der Waals surface area contributed by atoms with E-state index < -0.39 is 34.4 Å². The quantitative estimate of drug-likeness (QED) is 0.664. The predicted molar refractivity (Wildman–Crippen MR) is 99.7 cm³/mol. The maximum Gasteiger partial charge on any atom is 0.426 e. The van der Waals surface area contributed by atoms with Gasteiger partial charge in [0, 0.05) is 5.56 Å². The molecule has 1 aromatic heterocycles. The van der Waals surface area contributed by atoms with Crippen molar-refractivity contribution in [3.63, 3.8) is 0 Å². The van der Waals surface area contributed by atoms with Gasteiger partial charge in [-0.3, -0.25) is 4.79 Å². The molecule has 1 N–H and O–H groups in total. The Balaban J connectivity index is 1.72. The number of aromatic nitrogens is 2. The number of nitrogens with zero attached hydrogens (tertiary/aromatic N) is 2. The Labute approximate surface area is 167 Å². The normalized spacial score (nSPS) is 21.8. The van der Waals surface area contributed by atoms with Crippen molar-refractivity contribution >= 4 is 45.6 Å². The molecular formula is C17H14Cl2F3N3OS. The van der Waals surface area contributed by atoms with Gasteiger partial charge in [0.1, 0.15) is 5.03 Å². The summed E-state index contributed by atoms with van der Waals surface area (Å²) < 4.78 is 37.9. The van der Waals surface area contributed by atoms with Gasteiger partial charge in [-0.05, 0) is 17.4 Å². The molecule has 0 spiro atoms. The van der Waals surface area contributed by atoms with Gasteiger partial charge in [-0.25, -0.2) is 0 Å². The topological polar surface area (TPSA) is 54.9 Å². The third-order valence-electron chi connectivity index (χ3n) is 4.55. The summed E-state index contributed by atoms with van der Waals surface area (Å²) in [6.45, 7) is 3.43. The lowest BCUT2D eigenvalue weighted by atomic mass is 10.1. The van der Waals surface area contributed by atoms with Crippen LogP contribution in [0.1, 0.15) is 13.8 Å². The van der Waals surface area contributed by atoms with Crippen LogP contribution in [0.2, 0.25) is 5.02 Å². The standard InChI is InChI=1S/C17H14Cl2F3N3OS/c1-16(2)9(7-11(19)17(20,21)22)12(16)13(26)23-15-25-24-14(27-15)8-5-3-4-6-10(8)18/h3-7,9,12H,1-2H3,(H,23,25,26)/b11-7+. The van der Waals surface area contributed by atoms with Gasteiger partial charge in [0.25, 0.3) is 0 Å². The fraction of sp³-hybridized carbons (Fsp3) is 0.353. The molecule has 1 aliphatic rings. The number of alkyl halides is 3. The summed E-state index contributed by atoms with van der Waals surface area (Å²) in [6, 6.07) is 7.07. The number of anilines is 1. The first-order valence-electron chi connectivity index (χ1n) is 7.85. The van der Waals surface area contributed by atoms with Gasteiger partial charge in [-0.15, -0.1) is 10.2 Å². The number of allylic oxidation sites excluding steroid dienone is 2. The van der Waals surface area contributed by atoms with E-state index >= 15 is 0 Å². The minimum Gasteiger partial charge on any atom is -0.300 e. The monoisotopic (exact) mass is 435 g/mol. The number of hydrogen-bond acceptors (Lipinski definition) is 4. The second kappa shape index (κ2) is 7.07. The number of nitrogens with one attached hydrogen (secondary N) is 1. The molecule has 27 heavy (non-hydrogen) atoms. The van der Waals surface area contributed by atoms with Gasteiger partial charge >= 0.3 is 6.18 Å². The molecule has 144 valence electrons. The number of hydrogen-bond donors (Lipinski definition) is 1. The fourth-order valence-electron chi connectivity index (χ4n) is 2.94. The molecule has 0 radical (unpaired) electrons. The molecule has 1 fully saturated rings. The summed E-state index contributed by atoms with van der Waals surface area (Å²) in [7, 11) is 0. The summed E-state index contributed by atoms with van der Waals surface area (Å²) in [4.78, 5) is 12.5. The predicted octanol–water partition coefficient (Wildman–Crippen LogP) is 5.75. The number of carbonyl (C=O) groups excluding carboxylic acids is 1. The number of rotatable bonds is 4. The van der Waals surface area contributed by atoms with E-state index in [1.807, 2.05) is 0 Å².